The topological polar surface area (TPSA) is 59.8 Å². The van der Waals surface area contributed by atoms with Crippen molar-refractivity contribution in [3.8, 4) is 0 Å². The van der Waals surface area contributed by atoms with Crippen LogP contribution in [-0.2, 0) is 7.05 Å². The van der Waals surface area contributed by atoms with E-state index in [1.54, 1.807) is 24.5 Å². The molecule has 1 atom stereocenters. The summed E-state index contributed by atoms with van der Waals surface area (Å²) < 4.78 is 2.00. The minimum Gasteiger partial charge on any atom is -0.342 e. The lowest BCUT2D eigenvalue weighted by atomic mass is 10.2. The Kier molecular flexibility index (Phi) is 3.39. The molecule has 0 bridgehead atoms. The van der Waals surface area contributed by atoms with Gasteiger partial charge >= 0.3 is 0 Å². The molecule has 1 N–H and O–H groups in total. The predicted molar refractivity (Wildman–Crippen MR) is 80.8 cm³/mol. The minimum atomic E-state index is -0.185. The van der Waals surface area contributed by atoms with E-state index in [0.717, 1.165) is 16.9 Å². The number of fused-ring (bicyclic) bond motifs is 1. The van der Waals surface area contributed by atoms with Gasteiger partial charge in [-0.25, -0.2) is 4.98 Å². The highest BCUT2D eigenvalue weighted by molar-refractivity contribution is 5.94. The van der Waals surface area contributed by atoms with Crippen LogP contribution in [-0.4, -0.2) is 20.4 Å². The normalized spacial score (nSPS) is 12.3. The quantitative estimate of drug-likeness (QED) is 0.801. The van der Waals surface area contributed by atoms with Crippen LogP contribution in [0.3, 0.4) is 0 Å². The van der Waals surface area contributed by atoms with Gasteiger partial charge < -0.3 is 9.88 Å². The van der Waals surface area contributed by atoms with Gasteiger partial charge in [-0.3, -0.25) is 9.78 Å². The number of carbonyl (C=O) groups excluding carboxylic acids is 1. The predicted octanol–water partition coefficient (Wildman–Crippen LogP) is 2.46. The summed E-state index contributed by atoms with van der Waals surface area (Å²) >= 11 is 0. The first kappa shape index (κ1) is 13.3. The number of pyridine rings is 1. The highest BCUT2D eigenvalue weighted by atomic mass is 16.1. The summed E-state index contributed by atoms with van der Waals surface area (Å²) in [5.41, 5.74) is 2.52. The summed E-state index contributed by atoms with van der Waals surface area (Å²) in [5, 5.41) is 2.95. The molecule has 0 aliphatic carbocycles. The number of rotatable bonds is 3. The van der Waals surface area contributed by atoms with Gasteiger partial charge in [0.15, 0.2) is 0 Å². The summed E-state index contributed by atoms with van der Waals surface area (Å²) in [6.07, 6.45) is 3.20. The van der Waals surface area contributed by atoms with Gasteiger partial charge in [0.1, 0.15) is 5.82 Å². The Morgan fingerprint density at radius 2 is 2.05 bits per heavy atom. The van der Waals surface area contributed by atoms with Crippen LogP contribution in [0.1, 0.15) is 29.1 Å². The van der Waals surface area contributed by atoms with Crippen molar-refractivity contribution >= 4 is 16.9 Å². The fourth-order valence-corrected chi connectivity index (χ4v) is 2.39. The first-order valence-electron chi connectivity index (χ1n) is 6.79. The van der Waals surface area contributed by atoms with Crippen molar-refractivity contribution in [2.24, 2.45) is 7.05 Å². The Balaban J connectivity index is 1.86. The van der Waals surface area contributed by atoms with Crippen LogP contribution in [0.25, 0.3) is 11.0 Å². The molecule has 0 saturated heterocycles. The van der Waals surface area contributed by atoms with Gasteiger partial charge in [0.2, 0.25) is 0 Å². The molecule has 0 aliphatic heterocycles. The molecular formula is C16H16N4O. The number of imidazole rings is 1. The van der Waals surface area contributed by atoms with Crippen LogP contribution < -0.4 is 5.32 Å². The van der Waals surface area contributed by atoms with E-state index in [9.17, 15) is 4.79 Å². The van der Waals surface area contributed by atoms with E-state index < -0.39 is 0 Å². The summed E-state index contributed by atoms with van der Waals surface area (Å²) in [7, 11) is 1.96. The molecule has 21 heavy (non-hydrogen) atoms. The first-order chi connectivity index (χ1) is 10.2. The largest absolute Gasteiger partial charge is 0.342 e. The molecule has 0 fully saturated rings. The van der Waals surface area contributed by atoms with E-state index in [0.29, 0.717) is 5.56 Å². The number of nitrogens with zero attached hydrogens (tertiary/aromatic N) is 3. The molecule has 2 heterocycles. The van der Waals surface area contributed by atoms with Crippen molar-refractivity contribution in [2.45, 2.75) is 13.0 Å². The molecule has 3 aromatic rings. The SMILES string of the molecule is CC(NC(=O)c1cccnc1)c1nc2ccccc2n1C. The average molecular weight is 280 g/mol. The smallest absolute Gasteiger partial charge is 0.253 e. The lowest BCUT2D eigenvalue weighted by Crippen LogP contribution is -2.28. The van der Waals surface area contributed by atoms with Crippen molar-refractivity contribution in [3.05, 3.63) is 60.2 Å². The van der Waals surface area contributed by atoms with E-state index in [1.807, 2.05) is 42.8 Å². The van der Waals surface area contributed by atoms with Gasteiger partial charge in [-0.1, -0.05) is 12.1 Å². The second-order valence-electron chi connectivity index (χ2n) is 4.95. The van der Waals surface area contributed by atoms with Crippen LogP contribution in [0, 0.1) is 0 Å². The fourth-order valence-electron chi connectivity index (χ4n) is 2.39. The molecule has 5 nitrogen and oxygen atoms in total. The highest BCUT2D eigenvalue weighted by Gasteiger charge is 2.17. The van der Waals surface area contributed by atoms with E-state index in [4.69, 9.17) is 0 Å². The number of aryl methyl sites for hydroxylation is 1. The summed E-state index contributed by atoms with van der Waals surface area (Å²) in [4.78, 5) is 20.7. The van der Waals surface area contributed by atoms with Crippen LogP contribution in [0.15, 0.2) is 48.8 Å². The Bertz CT molecular complexity index is 779. The summed E-state index contributed by atoms with van der Waals surface area (Å²) in [5.74, 6) is 0.677. The molecule has 5 heteroatoms. The standard InChI is InChI=1S/C16H16N4O/c1-11(18-16(21)12-6-5-9-17-10-12)15-19-13-7-3-4-8-14(13)20(15)2/h3-11H,1-2H3,(H,18,21). The molecule has 0 aliphatic rings. The van der Waals surface area contributed by atoms with E-state index in [-0.39, 0.29) is 11.9 Å². The van der Waals surface area contributed by atoms with Crippen LogP contribution in [0.4, 0.5) is 0 Å². The number of carbonyl (C=O) groups is 1. The maximum atomic E-state index is 12.2. The van der Waals surface area contributed by atoms with E-state index >= 15 is 0 Å². The highest BCUT2D eigenvalue weighted by Crippen LogP contribution is 2.19. The summed E-state index contributed by atoms with van der Waals surface area (Å²) in [6.45, 7) is 1.93. The zero-order valence-electron chi connectivity index (χ0n) is 11.9. The number of nitrogens with one attached hydrogen (secondary N) is 1. The number of hydrogen-bond donors (Lipinski definition) is 1. The van der Waals surface area contributed by atoms with Crippen LogP contribution in [0.2, 0.25) is 0 Å². The Hall–Kier alpha value is -2.69. The Labute approximate surface area is 122 Å². The maximum absolute atomic E-state index is 12.2. The van der Waals surface area contributed by atoms with Crippen LogP contribution >= 0.6 is 0 Å². The second-order valence-corrected chi connectivity index (χ2v) is 4.95. The van der Waals surface area contributed by atoms with Crippen molar-refractivity contribution in [2.75, 3.05) is 0 Å². The van der Waals surface area contributed by atoms with Crippen molar-refractivity contribution in [1.82, 2.24) is 19.9 Å². The zero-order valence-corrected chi connectivity index (χ0v) is 11.9. The number of para-hydroxylation sites is 2. The van der Waals surface area contributed by atoms with Crippen LogP contribution in [0.5, 0.6) is 0 Å². The van der Waals surface area contributed by atoms with Crippen molar-refractivity contribution in [1.29, 1.82) is 0 Å². The van der Waals surface area contributed by atoms with Gasteiger partial charge in [-0.2, -0.15) is 0 Å². The van der Waals surface area contributed by atoms with Gasteiger partial charge in [0.25, 0.3) is 5.91 Å². The molecule has 0 radical (unpaired) electrons. The molecule has 3 rings (SSSR count). The third-order valence-corrected chi connectivity index (χ3v) is 3.48. The molecular weight excluding hydrogens is 264 g/mol. The number of amides is 1. The Morgan fingerprint density at radius 3 is 2.76 bits per heavy atom. The molecule has 0 saturated carbocycles. The number of aromatic nitrogens is 3. The maximum Gasteiger partial charge on any atom is 0.253 e. The van der Waals surface area contributed by atoms with Crippen molar-refractivity contribution < 1.29 is 4.79 Å². The van der Waals surface area contributed by atoms with E-state index in [1.165, 1.54) is 0 Å². The van der Waals surface area contributed by atoms with Crippen molar-refractivity contribution in [3.63, 3.8) is 0 Å². The zero-order chi connectivity index (χ0) is 14.8. The lowest BCUT2D eigenvalue weighted by molar-refractivity contribution is 0.0937. The molecule has 1 unspecified atom stereocenters. The molecule has 0 spiro atoms. The van der Waals surface area contributed by atoms with Gasteiger partial charge in [-0.15, -0.1) is 0 Å². The molecule has 2 aromatic heterocycles. The molecule has 106 valence electrons. The minimum absolute atomic E-state index is 0.150. The molecule has 1 amide bonds. The average Bonchev–Trinajstić information content (AvgIpc) is 2.86. The Morgan fingerprint density at radius 1 is 1.24 bits per heavy atom. The lowest BCUT2D eigenvalue weighted by Gasteiger charge is -2.13. The molecule has 1 aromatic carbocycles. The van der Waals surface area contributed by atoms with Gasteiger partial charge in [0.05, 0.1) is 22.6 Å². The number of benzene rings is 1. The van der Waals surface area contributed by atoms with E-state index in [2.05, 4.69) is 15.3 Å². The third kappa shape index (κ3) is 2.50. The fraction of sp³-hybridized carbons (Fsp3) is 0.188. The third-order valence-electron chi connectivity index (χ3n) is 3.48. The monoisotopic (exact) mass is 280 g/mol. The number of hydrogen-bond acceptors (Lipinski definition) is 3. The summed E-state index contributed by atoms with van der Waals surface area (Å²) in [6, 6.07) is 11.2. The second kappa shape index (κ2) is 5.36. The van der Waals surface area contributed by atoms with Gasteiger partial charge in [0, 0.05) is 19.4 Å². The van der Waals surface area contributed by atoms with Gasteiger partial charge in [-0.05, 0) is 31.2 Å². The first-order valence-corrected chi connectivity index (χ1v) is 6.79.